The van der Waals surface area contributed by atoms with Gasteiger partial charge in [0.05, 0.1) is 25.4 Å². The molecule has 1 aliphatic heterocycles. The van der Waals surface area contributed by atoms with Crippen molar-refractivity contribution in [3.05, 3.63) is 36.5 Å². The fourth-order valence-corrected chi connectivity index (χ4v) is 6.11. The summed E-state index contributed by atoms with van der Waals surface area (Å²) in [7, 11) is 0. The first kappa shape index (κ1) is 47.4. The predicted molar refractivity (Wildman–Crippen MR) is 204 cm³/mol. The Balaban J connectivity index is 2.55. The molecule has 0 aromatic carbocycles. The van der Waals surface area contributed by atoms with E-state index in [9.17, 15) is 35.4 Å². The van der Waals surface area contributed by atoms with Gasteiger partial charge in [-0.1, -0.05) is 134 Å². The van der Waals surface area contributed by atoms with E-state index in [0.29, 0.717) is 12.8 Å². The second-order valence-corrected chi connectivity index (χ2v) is 14.2. The van der Waals surface area contributed by atoms with Gasteiger partial charge in [0.15, 0.2) is 6.29 Å². The highest BCUT2D eigenvalue weighted by Gasteiger charge is 2.44. The van der Waals surface area contributed by atoms with Gasteiger partial charge in [-0.25, -0.2) is 0 Å². The van der Waals surface area contributed by atoms with Gasteiger partial charge >= 0.3 is 0 Å². The number of allylic oxidation sites excluding steroid dienone is 5. The lowest BCUT2D eigenvalue weighted by atomic mass is 9.99. The van der Waals surface area contributed by atoms with Crippen molar-refractivity contribution in [2.75, 3.05) is 13.2 Å². The molecule has 1 rings (SSSR count). The molecule has 1 heterocycles. The first-order valence-corrected chi connectivity index (χ1v) is 20.3. The molecule has 0 radical (unpaired) electrons. The fourth-order valence-electron chi connectivity index (χ4n) is 6.11. The normalized spacial score (nSPS) is 23.0. The van der Waals surface area contributed by atoms with Crippen molar-refractivity contribution < 1.29 is 44.9 Å². The van der Waals surface area contributed by atoms with Crippen LogP contribution in [-0.2, 0) is 14.3 Å². The van der Waals surface area contributed by atoms with Crippen LogP contribution in [0.15, 0.2) is 36.5 Å². The minimum atomic E-state index is -1.62. The van der Waals surface area contributed by atoms with Gasteiger partial charge in [-0.05, 0) is 57.8 Å². The summed E-state index contributed by atoms with van der Waals surface area (Å²) in [5.41, 5.74) is 0. The summed E-state index contributed by atoms with van der Waals surface area (Å²) in [6.45, 7) is 3.53. The van der Waals surface area contributed by atoms with Gasteiger partial charge in [0.1, 0.15) is 30.5 Å². The summed E-state index contributed by atoms with van der Waals surface area (Å²) in [6.07, 6.45) is 26.7. The topological polar surface area (TPSA) is 169 Å². The molecule has 10 nitrogen and oxygen atoms in total. The number of aliphatic hydroxyl groups excluding tert-OH is 6. The lowest BCUT2D eigenvalue weighted by Gasteiger charge is -2.40. The molecule has 0 aliphatic carbocycles. The molecule has 1 fully saturated rings. The Morgan fingerprint density at radius 2 is 1.16 bits per heavy atom. The molecule has 51 heavy (non-hydrogen) atoms. The maximum atomic E-state index is 12.9. The quantitative estimate of drug-likeness (QED) is 0.0311. The molecule has 0 aromatic heterocycles. The highest BCUT2D eigenvalue weighted by Crippen LogP contribution is 2.22. The van der Waals surface area contributed by atoms with Crippen LogP contribution in [0, 0.1) is 0 Å². The molecule has 0 aromatic rings. The molecule has 1 aliphatic rings. The Kier molecular flexibility index (Phi) is 29.6. The third kappa shape index (κ3) is 22.9. The molecule has 0 spiro atoms. The van der Waals surface area contributed by atoms with Crippen LogP contribution in [0.5, 0.6) is 0 Å². The maximum Gasteiger partial charge on any atom is 0.249 e. The smallest absolute Gasteiger partial charge is 0.249 e. The third-order valence-corrected chi connectivity index (χ3v) is 9.54. The van der Waals surface area contributed by atoms with Crippen molar-refractivity contribution in [3.8, 4) is 0 Å². The van der Waals surface area contributed by atoms with Crippen LogP contribution in [-0.4, -0.2) is 98.7 Å². The Labute approximate surface area is 309 Å². The molecule has 10 heteroatoms. The van der Waals surface area contributed by atoms with Crippen LogP contribution < -0.4 is 5.32 Å². The van der Waals surface area contributed by atoms with Crippen molar-refractivity contribution in [2.24, 2.45) is 0 Å². The third-order valence-electron chi connectivity index (χ3n) is 9.54. The molecule has 1 amide bonds. The van der Waals surface area contributed by atoms with Crippen molar-refractivity contribution in [1.82, 2.24) is 5.32 Å². The summed E-state index contributed by atoms with van der Waals surface area (Å²) in [5.74, 6) is -0.646. The van der Waals surface area contributed by atoms with Gasteiger partial charge in [0, 0.05) is 0 Å². The minimum absolute atomic E-state index is 0.273. The number of unbranched alkanes of at least 4 members (excludes halogenated alkanes) is 17. The van der Waals surface area contributed by atoms with E-state index < -0.39 is 61.5 Å². The predicted octanol–water partition coefficient (Wildman–Crippen LogP) is 6.30. The van der Waals surface area contributed by atoms with E-state index >= 15 is 0 Å². The second kappa shape index (κ2) is 31.9. The van der Waals surface area contributed by atoms with Crippen LogP contribution in [0.3, 0.4) is 0 Å². The number of ether oxygens (including phenoxy) is 2. The number of nitrogens with one attached hydrogen (secondary N) is 1. The molecule has 8 unspecified atom stereocenters. The van der Waals surface area contributed by atoms with E-state index in [2.05, 4.69) is 43.5 Å². The summed E-state index contributed by atoms with van der Waals surface area (Å²) in [6, 6.07) is -1.00. The number of carbonyl (C=O) groups excluding carboxylic acids is 1. The molecule has 0 bridgehead atoms. The number of amides is 1. The number of aliphatic hydroxyl groups is 6. The van der Waals surface area contributed by atoms with Gasteiger partial charge in [0.2, 0.25) is 5.91 Å². The van der Waals surface area contributed by atoms with Crippen molar-refractivity contribution >= 4 is 5.91 Å². The average molecular weight is 726 g/mol. The van der Waals surface area contributed by atoms with Crippen LogP contribution in [0.2, 0.25) is 0 Å². The van der Waals surface area contributed by atoms with Gasteiger partial charge in [-0.2, -0.15) is 0 Å². The van der Waals surface area contributed by atoms with Gasteiger partial charge in [0.25, 0.3) is 0 Å². The standard InChI is InChI=1S/C41H75NO9/c1-3-5-7-9-11-13-15-17-19-21-23-25-27-29-34(44)33(32-50-41-39(48)38(47)37(46)36(31-43)51-41)42-40(49)35(45)30-28-26-24-22-20-18-16-14-12-10-8-6-4-2/h19-22,27,29,33-39,41,43-48H,3-18,23-26,28,30-32H2,1-2H3,(H,42,49)/b21-19+,22-20-,29-27+. The molecular weight excluding hydrogens is 650 g/mol. The van der Waals surface area contributed by atoms with Crippen molar-refractivity contribution in [1.29, 1.82) is 0 Å². The van der Waals surface area contributed by atoms with E-state index in [1.807, 2.05) is 6.08 Å². The summed E-state index contributed by atoms with van der Waals surface area (Å²) < 4.78 is 11.1. The molecule has 1 saturated heterocycles. The molecule has 8 atom stereocenters. The first-order chi connectivity index (χ1) is 24.8. The molecule has 298 valence electrons. The van der Waals surface area contributed by atoms with Gasteiger partial charge < -0.3 is 45.4 Å². The fraction of sp³-hybridized carbons (Fsp3) is 0.829. The number of rotatable bonds is 32. The zero-order chi connectivity index (χ0) is 37.5. The summed E-state index contributed by atoms with van der Waals surface area (Å²) in [4.78, 5) is 12.9. The average Bonchev–Trinajstić information content (AvgIpc) is 3.13. The van der Waals surface area contributed by atoms with Crippen LogP contribution >= 0.6 is 0 Å². The minimum Gasteiger partial charge on any atom is -0.394 e. The Morgan fingerprint density at radius 1 is 0.667 bits per heavy atom. The monoisotopic (exact) mass is 726 g/mol. The van der Waals surface area contributed by atoms with Crippen molar-refractivity contribution in [3.63, 3.8) is 0 Å². The summed E-state index contributed by atoms with van der Waals surface area (Å²) in [5, 5.41) is 64.3. The molecule has 0 saturated carbocycles. The Hall–Kier alpha value is -1.63. The van der Waals surface area contributed by atoms with Gasteiger partial charge in [-0.3, -0.25) is 4.79 Å². The Bertz CT molecular complexity index is 912. The van der Waals surface area contributed by atoms with Crippen LogP contribution in [0.4, 0.5) is 0 Å². The summed E-state index contributed by atoms with van der Waals surface area (Å²) >= 11 is 0. The SMILES string of the molecule is CCCCCCCCC/C=C\CCCCC(O)C(=O)NC(COC1OC(CO)C(O)C(O)C1O)C(O)/C=C/CC/C=C/CCCCCCCCC. The van der Waals surface area contributed by atoms with Crippen molar-refractivity contribution in [2.45, 2.75) is 204 Å². The lowest BCUT2D eigenvalue weighted by Crippen LogP contribution is -2.60. The second-order valence-electron chi connectivity index (χ2n) is 14.2. The lowest BCUT2D eigenvalue weighted by molar-refractivity contribution is -0.302. The zero-order valence-electron chi connectivity index (χ0n) is 32.0. The zero-order valence-corrected chi connectivity index (χ0v) is 32.0. The number of carbonyl (C=O) groups is 1. The van der Waals surface area contributed by atoms with Crippen LogP contribution in [0.1, 0.15) is 155 Å². The van der Waals surface area contributed by atoms with E-state index in [-0.39, 0.29) is 13.0 Å². The Morgan fingerprint density at radius 3 is 1.71 bits per heavy atom. The molecular formula is C41H75NO9. The largest absolute Gasteiger partial charge is 0.394 e. The van der Waals surface area contributed by atoms with E-state index in [4.69, 9.17) is 9.47 Å². The number of hydrogen-bond donors (Lipinski definition) is 7. The van der Waals surface area contributed by atoms with Crippen LogP contribution in [0.25, 0.3) is 0 Å². The van der Waals surface area contributed by atoms with Gasteiger partial charge in [-0.15, -0.1) is 0 Å². The number of hydrogen-bond acceptors (Lipinski definition) is 9. The maximum absolute atomic E-state index is 12.9. The van der Waals surface area contributed by atoms with E-state index in [1.165, 1.54) is 89.9 Å². The van der Waals surface area contributed by atoms with E-state index in [0.717, 1.165) is 32.1 Å². The highest BCUT2D eigenvalue weighted by atomic mass is 16.7. The first-order valence-electron chi connectivity index (χ1n) is 20.3. The molecule has 7 N–H and O–H groups in total. The highest BCUT2D eigenvalue weighted by molar-refractivity contribution is 5.80. The van der Waals surface area contributed by atoms with E-state index in [1.54, 1.807) is 6.08 Å².